The fraction of sp³-hybridized carbons (Fsp3) is 0.176. The van der Waals surface area contributed by atoms with Crippen LogP contribution in [-0.4, -0.2) is 25.1 Å². The number of rotatable bonds is 5. The summed E-state index contributed by atoms with van der Waals surface area (Å²) in [7, 11) is 1.48. The van der Waals surface area contributed by atoms with Gasteiger partial charge in [0.2, 0.25) is 0 Å². The Balaban J connectivity index is 2.03. The summed E-state index contributed by atoms with van der Waals surface area (Å²) in [5.41, 5.74) is 0.764. The van der Waals surface area contributed by atoms with Gasteiger partial charge in [0.1, 0.15) is 5.75 Å². The van der Waals surface area contributed by atoms with Crippen molar-refractivity contribution in [3.8, 4) is 5.75 Å². The van der Waals surface area contributed by atoms with E-state index in [-0.39, 0.29) is 0 Å². The van der Waals surface area contributed by atoms with E-state index in [2.05, 4.69) is 21.2 Å². The Morgan fingerprint density at radius 2 is 1.83 bits per heavy atom. The number of carbonyl (C=O) groups excluding carboxylic acids is 2. The van der Waals surface area contributed by atoms with Gasteiger partial charge in [-0.15, -0.1) is 0 Å². The molecule has 0 fully saturated rings. The van der Waals surface area contributed by atoms with E-state index in [4.69, 9.17) is 21.1 Å². The predicted octanol–water partition coefficient (Wildman–Crippen LogP) is 4.30. The second kappa shape index (κ2) is 8.17. The van der Waals surface area contributed by atoms with Crippen molar-refractivity contribution in [2.24, 2.45) is 0 Å². The minimum absolute atomic E-state index is 0.359. The van der Waals surface area contributed by atoms with Crippen LogP contribution in [0.4, 0.5) is 5.69 Å². The Kier molecular flexibility index (Phi) is 6.23. The van der Waals surface area contributed by atoms with Crippen LogP contribution in [-0.2, 0) is 9.53 Å². The number of methoxy groups -OCH3 is 1. The van der Waals surface area contributed by atoms with Gasteiger partial charge in [-0.2, -0.15) is 0 Å². The van der Waals surface area contributed by atoms with Crippen molar-refractivity contribution in [3.63, 3.8) is 0 Å². The molecule has 126 valence electrons. The zero-order valence-corrected chi connectivity index (χ0v) is 15.3. The average molecular weight is 413 g/mol. The summed E-state index contributed by atoms with van der Waals surface area (Å²) in [5, 5.41) is 3.08. The number of esters is 1. The zero-order chi connectivity index (χ0) is 17.7. The van der Waals surface area contributed by atoms with Gasteiger partial charge >= 0.3 is 5.97 Å². The average Bonchev–Trinajstić information content (AvgIpc) is 2.55. The van der Waals surface area contributed by atoms with Crippen LogP contribution in [0.15, 0.2) is 46.9 Å². The standard InChI is InChI=1S/C17H15BrClNO4/c1-10(24-17(22)11-3-5-12(18)6-4-11)16(21)20-14-9-13(19)7-8-15(14)23-2/h3-10H,1-2H3,(H,20,21)/t10-/m0/s1. The lowest BCUT2D eigenvalue weighted by Gasteiger charge is -2.15. The summed E-state index contributed by atoms with van der Waals surface area (Å²) in [6.07, 6.45) is -0.982. The summed E-state index contributed by atoms with van der Waals surface area (Å²) in [6, 6.07) is 11.5. The summed E-state index contributed by atoms with van der Waals surface area (Å²) < 4.78 is 11.2. The number of hydrogen-bond donors (Lipinski definition) is 1. The minimum atomic E-state index is -0.982. The molecule has 24 heavy (non-hydrogen) atoms. The summed E-state index contributed by atoms with van der Waals surface area (Å²) in [5.74, 6) is -0.608. The second-order valence-corrected chi connectivity index (χ2v) is 6.24. The fourth-order valence-electron chi connectivity index (χ4n) is 1.88. The van der Waals surface area contributed by atoms with Crippen LogP contribution < -0.4 is 10.1 Å². The molecule has 0 aliphatic heterocycles. The van der Waals surface area contributed by atoms with Crippen LogP contribution in [0.25, 0.3) is 0 Å². The number of amides is 1. The monoisotopic (exact) mass is 411 g/mol. The molecule has 0 heterocycles. The maximum absolute atomic E-state index is 12.2. The second-order valence-electron chi connectivity index (χ2n) is 4.89. The third kappa shape index (κ3) is 4.72. The summed E-state index contributed by atoms with van der Waals surface area (Å²) in [6.45, 7) is 1.49. The molecule has 0 radical (unpaired) electrons. The number of carbonyl (C=O) groups is 2. The molecule has 0 aliphatic carbocycles. The van der Waals surface area contributed by atoms with Crippen molar-refractivity contribution in [2.75, 3.05) is 12.4 Å². The van der Waals surface area contributed by atoms with Gasteiger partial charge in [-0.3, -0.25) is 4.79 Å². The maximum Gasteiger partial charge on any atom is 0.338 e. The van der Waals surface area contributed by atoms with Gasteiger partial charge in [0.25, 0.3) is 5.91 Å². The van der Waals surface area contributed by atoms with Crippen LogP contribution in [0.2, 0.25) is 5.02 Å². The Morgan fingerprint density at radius 1 is 1.17 bits per heavy atom. The Morgan fingerprint density at radius 3 is 2.46 bits per heavy atom. The molecule has 1 atom stereocenters. The molecule has 2 aromatic rings. The molecule has 1 amide bonds. The molecule has 0 bridgehead atoms. The Labute approximate surface area is 153 Å². The highest BCUT2D eigenvalue weighted by Gasteiger charge is 2.20. The number of anilines is 1. The minimum Gasteiger partial charge on any atom is -0.495 e. The first-order valence-electron chi connectivity index (χ1n) is 7.01. The lowest BCUT2D eigenvalue weighted by atomic mass is 10.2. The highest BCUT2D eigenvalue weighted by molar-refractivity contribution is 9.10. The Hall–Kier alpha value is -2.05. The molecular formula is C17H15BrClNO4. The van der Waals surface area contributed by atoms with Crippen molar-refractivity contribution < 1.29 is 19.1 Å². The number of halogens is 2. The highest BCUT2D eigenvalue weighted by atomic mass is 79.9. The van der Waals surface area contributed by atoms with Crippen molar-refractivity contribution in [1.82, 2.24) is 0 Å². The molecule has 2 aromatic carbocycles. The SMILES string of the molecule is COc1ccc(Cl)cc1NC(=O)[C@H](C)OC(=O)c1ccc(Br)cc1. The molecule has 7 heteroatoms. The van der Waals surface area contributed by atoms with Crippen molar-refractivity contribution in [1.29, 1.82) is 0 Å². The number of hydrogen-bond acceptors (Lipinski definition) is 4. The zero-order valence-electron chi connectivity index (χ0n) is 13.0. The van der Waals surface area contributed by atoms with Gasteiger partial charge in [-0.05, 0) is 49.4 Å². The number of benzene rings is 2. The number of ether oxygens (including phenoxy) is 2. The summed E-state index contributed by atoms with van der Waals surface area (Å²) >= 11 is 9.20. The first kappa shape index (κ1) is 18.3. The van der Waals surface area contributed by atoms with Gasteiger partial charge < -0.3 is 14.8 Å². The molecular weight excluding hydrogens is 398 g/mol. The quantitative estimate of drug-likeness (QED) is 0.744. The van der Waals surface area contributed by atoms with Gasteiger partial charge in [0, 0.05) is 9.50 Å². The highest BCUT2D eigenvalue weighted by Crippen LogP contribution is 2.27. The van der Waals surface area contributed by atoms with Crippen LogP contribution in [0, 0.1) is 0 Å². The van der Waals surface area contributed by atoms with Crippen molar-refractivity contribution >= 4 is 45.1 Å². The largest absolute Gasteiger partial charge is 0.495 e. The topological polar surface area (TPSA) is 64.6 Å². The van der Waals surface area contributed by atoms with E-state index in [0.717, 1.165) is 4.47 Å². The molecule has 0 aromatic heterocycles. The molecule has 2 rings (SSSR count). The molecule has 0 aliphatic rings. The van der Waals surface area contributed by atoms with E-state index in [9.17, 15) is 9.59 Å². The maximum atomic E-state index is 12.2. The van der Waals surface area contributed by atoms with Crippen LogP contribution >= 0.6 is 27.5 Å². The van der Waals surface area contributed by atoms with Crippen molar-refractivity contribution in [3.05, 3.63) is 57.5 Å². The first-order valence-corrected chi connectivity index (χ1v) is 8.18. The van der Waals surface area contributed by atoms with E-state index in [1.165, 1.54) is 14.0 Å². The van der Waals surface area contributed by atoms with E-state index < -0.39 is 18.0 Å². The van der Waals surface area contributed by atoms with Crippen molar-refractivity contribution in [2.45, 2.75) is 13.0 Å². The van der Waals surface area contributed by atoms with E-state index in [1.54, 1.807) is 42.5 Å². The third-order valence-electron chi connectivity index (χ3n) is 3.15. The van der Waals surface area contributed by atoms with Crippen LogP contribution in [0.1, 0.15) is 17.3 Å². The molecule has 5 nitrogen and oxygen atoms in total. The normalized spacial score (nSPS) is 11.5. The lowest BCUT2D eigenvalue weighted by molar-refractivity contribution is -0.123. The third-order valence-corrected chi connectivity index (χ3v) is 3.92. The van der Waals surface area contributed by atoms with Gasteiger partial charge in [0.15, 0.2) is 6.10 Å². The van der Waals surface area contributed by atoms with Gasteiger partial charge in [-0.25, -0.2) is 4.79 Å². The smallest absolute Gasteiger partial charge is 0.338 e. The first-order chi connectivity index (χ1) is 11.4. The number of nitrogens with one attached hydrogen (secondary N) is 1. The van der Waals surface area contributed by atoms with Crippen LogP contribution in [0.5, 0.6) is 5.75 Å². The van der Waals surface area contributed by atoms with Gasteiger partial charge in [0.05, 0.1) is 18.4 Å². The lowest BCUT2D eigenvalue weighted by Crippen LogP contribution is -2.30. The Bertz CT molecular complexity index is 749. The molecule has 1 N–H and O–H groups in total. The van der Waals surface area contributed by atoms with E-state index in [0.29, 0.717) is 22.0 Å². The summed E-state index contributed by atoms with van der Waals surface area (Å²) in [4.78, 5) is 24.3. The van der Waals surface area contributed by atoms with E-state index in [1.807, 2.05) is 0 Å². The van der Waals surface area contributed by atoms with E-state index >= 15 is 0 Å². The van der Waals surface area contributed by atoms with Crippen LogP contribution in [0.3, 0.4) is 0 Å². The molecule has 0 unspecified atom stereocenters. The predicted molar refractivity (Wildman–Crippen MR) is 95.7 cm³/mol. The fourth-order valence-corrected chi connectivity index (χ4v) is 2.32. The molecule has 0 saturated carbocycles. The van der Waals surface area contributed by atoms with Gasteiger partial charge in [-0.1, -0.05) is 27.5 Å². The molecule has 0 spiro atoms. The molecule has 0 saturated heterocycles.